The molecule has 0 radical (unpaired) electrons. The van der Waals surface area contributed by atoms with Gasteiger partial charge in [-0.1, -0.05) is 18.2 Å². The van der Waals surface area contributed by atoms with Crippen LogP contribution < -0.4 is 5.32 Å². The number of nitrogens with one attached hydrogen (secondary N) is 1. The van der Waals surface area contributed by atoms with Gasteiger partial charge in [-0.15, -0.1) is 0 Å². The number of aliphatic imine (C=N–C) groups is 1. The number of carbonyl (C=O) groups is 2. The van der Waals surface area contributed by atoms with Crippen molar-refractivity contribution in [3.05, 3.63) is 89.5 Å². The molecule has 0 amide bonds. The van der Waals surface area contributed by atoms with E-state index in [1.54, 1.807) is 42.6 Å². The van der Waals surface area contributed by atoms with Crippen LogP contribution in [0.5, 0.6) is 0 Å². The zero-order valence-corrected chi connectivity index (χ0v) is 16.6. The number of fused-ring (bicyclic) bond motifs is 1. The van der Waals surface area contributed by atoms with E-state index < -0.39 is 11.9 Å². The molecular weight excluding hydrogens is 394 g/mol. The fraction of sp³-hybridized carbons (Fsp3) is 0.0417. The molecule has 0 atom stereocenters. The Balaban J connectivity index is 1.73. The summed E-state index contributed by atoms with van der Waals surface area (Å²) < 4.78 is 2.01. The van der Waals surface area contributed by atoms with Gasteiger partial charge in [0.1, 0.15) is 5.82 Å². The molecule has 154 valence electrons. The second-order valence-electron chi connectivity index (χ2n) is 6.96. The molecule has 0 bridgehead atoms. The highest BCUT2D eigenvalue weighted by Gasteiger charge is 2.14. The van der Waals surface area contributed by atoms with Gasteiger partial charge in [0.2, 0.25) is 0 Å². The number of aryl methyl sites for hydroxylation is 1. The number of aromatic nitrogens is 1. The Morgan fingerprint density at radius 1 is 0.871 bits per heavy atom. The van der Waals surface area contributed by atoms with Crippen molar-refractivity contribution in [3.63, 3.8) is 0 Å². The smallest absolute Gasteiger partial charge is 0.335 e. The first-order valence-electron chi connectivity index (χ1n) is 9.49. The van der Waals surface area contributed by atoms with Crippen LogP contribution in [-0.2, 0) is 7.05 Å². The molecule has 4 rings (SSSR count). The zero-order valence-electron chi connectivity index (χ0n) is 16.6. The van der Waals surface area contributed by atoms with Crippen molar-refractivity contribution in [2.45, 2.75) is 0 Å². The maximum atomic E-state index is 11.1. The fourth-order valence-corrected chi connectivity index (χ4v) is 3.37. The van der Waals surface area contributed by atoms with E-state index in [9.17, 15) is 9.59 Å². The van der Waals surface area contributed by atoms with Crippen LogP contribution in [0.15, 0.2) is 77.8 Å². The molecule has 0 aliphatic rings. The summed E-state index contributed by atoms with van der Waals surface area (Å²) in [5.74, 6) is -1.15. The molecule has 0 saturated heterocycles. The second-order valence-corrected chi connectivity index (χ2v) is 6.96. The van der Waals surface area contributed by atoms with Crippen molar-refractivity contribution in [2.75, 3.05) is 5.32 Å². The minimum absolute atomic E-state index is 0.205. The lowest BCUT2D eigenvalue weighted by Crippen LogP contribution is -2.01. The van der Waals surface area contributed by atoms with Gasteiger partial charge in [0.15, 0.2) is 0 Å². The number of carboxylic acid groups (broad SMARTS) is 2. The Morgan fingerprint density at radius 2 is 1.45 bits per heavy atom. The minimum atomic E-state index is -0.981. The SMILES string of the molecule is Cn1c(Nc2ccc(C(=O)O)cc2)c(C=Nc2ccc(C(=O)O)cc2)c2ccccc21. The Hall–Kier alpha value is -4.39. The lowest BCUT2D eigenvalue weighted by Gasteiger charge is -2.10. The molecule has 1 aromatic heterocycles. The van der Waals surface area contributed by atoms with Crippen molar-refractivity contribution in [2.24, 2.45) is 12.0 Å². The highest BCUT2D eigenvalue weighted by molar-refractivity contribution is 6.06. The van der Waals surface area contributed by atoms with Gasteiger partial charge in [-0.2, -0.15) is 0 Å². The molecule has 31 heavy (non-hydrogen) atoms. The topological polar surface area (TPSA) is 104 Å². The normalized spacial score (nSPS) is 11.1. The van der Waals surface area contributed by atoms with E-state index in [1.807, 2.05) is 35.9 Å². The molecule has 0 unspecified atom stereocenters. The number of hydrogen-bond acceptors (Lipinski definition) is 4. The van der Waals surface area contributed by atoms with Gasteiger partial charge < -0.3 is 20.1 Å². The second kappa shape index (κ2) is 8.16. The predicted octanol–water partition coefficient (Wildman–Crippen LogP) is 5.07. The third kappa shape index (κ3) is 4.02. The third-order valence-corrected chi connectivity index (χ3v) is 5.00. The van der Waals surface area contributed by atoms with Crippen molar-refractivity contribution in [1.82, 2.24) is 4.57 Å². The minimum Gasteiger partial charge on any atom is -0.478 e. The van der Waals surface area contributed by atoms with Gasteiger partial charge in [-0.05, 0) is 54.6 Å². The Labute approximate surface area is 177 Å². The number of anilines is 2. The van der Waals surface area contributed by atoms with Gasteiger partial charge in [0.05, 0.1) is 22.3 Å². The van der Waals surface area contributed by atoms with E-state index in [2.05, 4.69) is 10.3 Å². The number of hydrogen-bond donors (Lipinski definition) is 3. The summed E-state index contributed by atoms with van der Waals surface area (Å²) in [6.45, 7) is 0. The number of rotatable bonds is 6. The highest BCUT2D eigenvalue weighted by atomic mass is 16.4. The number of para-hydroxylation sites is 1. The molecule has 0 aliphatic heterocycles. The summed E-state index contributed by atoms with van der Waals surface area (Å²) in [7, 11) is 1.94. The van der Waals surface area contributed by atoms with E-state index in [4.69, 9.17) is 10.2 Å². The van der Waals surface area contributed by atoms with E-state index in [1.165, 1.54) is 12.1 Å². The monoisotopic (exact) mass is 413 g/mol. The van der Waals surface area contributed by atoms with Crippen molar-refractivity contribution in [3.8, 4) is 0 Å². The molecule has 3 N–H and O–H groups in total. The van der Waals surface area contributed by atoms with E-state index in [0.717, 1.165) is 28.0 Å². The average Bonchev–Trinajstić information content (AvgIpc) is 3.04. The number of aromatic carboxylic acids is 2. The van der Waals surface area contributed by atoms with E-state index in [0.29, 0.717) is 5.69 Å². The molecule has 7 heteroatoms. The van der Waals surface area contributed by atoms with Crippen LogP contribution in [0.1, 0.15) is 26.3 Å². The van der Waals surface area contributed by atoms with Crippen LogP contribution >= 0.6 is 0 Å². The number of carboxylic acids is 2. The maximum Gasteiger partial charge on any atom is 0.335 e. The van der Waals surface area contributed by atoms with Crippen LogP contribution in [0.25, 0.3) is 10.9 Å². The third-order valence-electron chi connectivity index (χ3n) is 5.00. The van der Waals surface area contributed by atoms with Gasteiger partial charge >= 0.3 is 11.9 Å². The molecule has 4 aromatic rings. The first-order chi connectivity index (χ1) is 14.9. The molecule has 7 nitrogen and oxygen atoms in total. The Bertz CT molecular complexity index is 1300. The summed E-state index contributed by atoms with van der Waals surface area (Å²) in [4.78, 5) is 26.7. The lowest BCUT2D eigenvalue weighted by molar-refractivity contribution is 0.0686. The summed E-state index contributed by atoms with van der Waals surface area (Å²) in [6.07, 6.45) is 1.74. The van der Waals surface area contributed by atoms with Gasteiger partial charge in [-0.25, -0.2) is 9.59 Å². The number of nitrogens with zero attached hydrogens (tertiary/aromatic N) is 2. The van der Waals surface area contributed by atoms with Crippen LogP contribution in [0.2, 0.25) is 0 Å². The molecule has 1 heterocycles. The quantitative estimate of drug-likeness (QED) is 0.383. The first kappa shape index (κ1) is 19.9. The summed E-state index contributed by atoms with van der Waals surface area (Å²) in [5.41, 5.74) is 3.68. The maximum absolute atomic E-state index is 11.1. The van der Waals surface area contributed by atoms with Gasteiger partial charge in [-0.3, -0.25) is 4.99 Å². The van der Waals surface area contributed by atoms with Crippen LogP contribution in [0.3, 0.4) is 0 Å². The predicted molar refractivity (Wildman–Crippen MR) is 120 cm³/mol. The number of benzene rings is 3. The van der Waals surface area contributed by atoms with Crippen LogP contribution in [0.4, 0.5) is 17.2 Å². The van der Waals surface area contributed by atoms with Crippen LogP contribution in [0, 0.1) is 0 Å². The van der Waals surface area contributed by atoms with Crippen LogP contribution in [-0.4, -0.2) is 32.9 Å². The molecule has 0 aliphatic carbocycles. The van der Waals surface area contributed by atoms with Crippen molar-refractivity contribution in [1.29, 1.82) is 0 Å². The molecule has 0 fully saturated rings. The largest absolute Gasteiger partial charge is 0.478 e. The zero-order chi connectivity index (χ0) is 22.0. The Morgan fingerprint density at radius 3 is 2.06 bits per heavy atom. The molecular formula is C24H19N3O4. The van der Waals surface area contributed by atoms with E-state index >= 15 is 0 Å². The summed E-state index contributed by atoms with van der Waals surface area (Å²) >= 11 is 0. The Kier molecular flexibility index (Phi) is 5.24. The molecule has 0 spiro atoms. The van der Waals surface area contributed by atoms with E-state index in [-0.39, 0.29) is 11.1 Å². The first-order valence-corrected chi connectivity index (χ1v) is 9.49. The standard InChI is InChI=1S/C24H19N3O4/c1-27-21-5-3-2-4-19(21)20(14-25-17-10-6-15(7-11-17)23(28)29)22(27)26-18-12-8-16(9-13-18)24(30)31/h2-14,26H,1H3,(H,28,29)(H,30,31). The molecule has 3 aromatic carbocycles. The highest BCUT2D eigenvalue weighted by Crippen LogP contribution is 2.31. The van der Waals surface area contributed by atoms with Gasteiger partial charge in [0, 0.05) is 29.9 Å². The summed E-state index contributed by atoms with van der Waals surface area (Å²) in [6, 6.07) is 20.8. The van der Waals surface area contributed by atoms with Gasteiger partial charge in [0.25, 0.3) is 0 Å². The van der Waals surface area contributed by atoms with Crippen molar-refractivity contribution >= 4 is 46.2 Å². The molecule has 0 saturated carbocycles. The fourth-order valence-electron chi connectivity index (χ4n) is 3.37. The summed E-state index contributed by atoms with van der Waals surface area (Å²) in [5, 5.41) is 22.5. The average molecular weight is 413 g/mol. The van der Waals surface area contributed by atoms with Crippen molar-refractivity contribution < 1.29 is 19.8 Å². The lowest BCUT2D eigenvalue weighted by atomic mass is 10.1.